The van der Waals surface area contributed by atoms with Crippen molar-refractivity contribution in [2.75, 3.05) is 0 Å². The minimum absolute atomic E-state index is 0.0967. The maximum absolute atomic E-state index is 13.3. The monoisotopic (exact) mass is 457 g/mol. The molecule has 0 fully saturated rings. The third kappa shape index (κ3) is 4.00. The molecular weight excluding hydrogens is 438 g/mol. The van der Waals surface area contributed by atoms with Gasteiger partial charge < -0.3 is 5.32 Å². The lowest BCUT2D eigenvalue weighted by molar-refractivity contribution is -0.122. The third-order valence-corrected chi connectivity index (χ3v) is 7.05. The van der Waals surface area contributed by atoms with E-state index in [2.05, 4.69) is 10.3 Å². The predicted octanol–water partition coefficient (Wildman–Crippen LogP) is 5.09. The fourth-order valence-corrected chi connectivity index (χ4v) is 5.40. The number of carbonyl (C=O) groups is 1. The van der Waals surface area contributed by atoms with Crippen LogP contribution in [0.5, 0.6) is 0 Å². The summed E-state index contributed by atoms with van der Waals surface area (Å²) >= 11 is 3.02. The summed E-state index contributed by atoms with van der Waals surface area (Å²) < 4.78 is 1.38. The second-order valence-electron chi connectivity index (χ2n) is 7.30. The number of benzene rings is 2. The highest BCUT2D eigenvalue weighted by Gasteiger charge is 2.19. The quantitative estimate of drug-likeness (QED) is 0.386. The van der Waals surface area contributed by atoms with Crippen LogP contribution in [0.3, 0.4) is 0 Å². The third-order valence-electron chi connectivity index (χ3n) is 5.23. The Hall–Kier alpha value is -3.55. The molecule has 3 heterocycles. The Morgan fingerprint density at radius 1 is 0.969 bits per heavy atom. The van der Waals surface area contributed by atoms with E-state index in [9.17, 15) is 9.59 Å². The molecule has 5 rings (SSSR count). The maximum Gasteiger partial charge on any atom is 0.263 e. The average molecular weight is 458 g/mol. The highest BCUT2D eigenvalue weighted by molar-refractivity contribution is 7.17. The molecule has 5 aromatic rings. The summed E-state index contributed by atoms with van der Waals surface area (Å²) in [5.74, 6) is -0.244. The molecule has 0 aliphatic rings. The molecule has 1 amide bonds. The summed E-state index contributed by atoms with van der Waals surface area (Å²) in [6.45, 7) is -0.0967. The molecule has 7 heteroatoms. The molecule has 158 valence electrons. The van der Waals surface area contributed by atoms with Crippen LogP contribution in [-0.4, -0.2) is 15.5 Å². The topological polar surface area (TPSA) is 64.0 Å². The zero-order chi connectivity index (χ0) is 21.9. The van der Waals surface area contributed by atoms with Crippen LogP contribution in [-0.2, 0) is 11.3 Å². The number of nitrogens with zero attached hydrogens (tertiary/aromatic N) is 2. The van der Waals surface area contributed by atoms with Gasteiger partial charge in [0.15, 0.2) is 0 Å². The largest absolute Gasteiger partial charge is 0.343 e. The first kappa shape index (κ1) is 20.4. The lowest BCUT2D eigenvalue weighted by Gasteiger charge is -2.18. The van der Waals surface area contributed by atoms with E-state index >= 15 is 0 Å². The Morgan fingerprint density at radius 2 is 1.72 bits per heavy atom. The van der Waals surface area contributed by atoms with Crippen molar-refractivity contribution in [1.29, 1.82) is 0 Å². The highest BCUT2D eigenvalue weighted by Crippen LogP contribution is 2.30. The van der Waals surface area contributed by atoms with Gasteiger partial charge in [-0.15, -0.1) is 22.7 Å². The van der Waals surface area contributed by atoms with E-state index in [0.29, 0.717) is 10.2 Å². The van der Waals surface area contributed by atoms with Crippen LogP contribution >= 0.6 is 22.7 Å². The number of amides is 1. The summed E-state index contributed by atoms with van der Waals surface area (Å²) in [5.41, 5.74) is 2.59. The summed E-state index contributed by atoms with van der Waals surface area (Å²) in [6, 6.07) is 23.3. The van der Waals surface area contributed by atoms with Crippen molar-refractivity contribution in [1.82, 2.24) is 14.9 Å². The van der Waals surface area contributed by atoms with Gasteiger partial charge >= 0.3 is 0 Å². The van der Waals surface area contributed by atoms with Crippen molar-refractivity contribution in [3.63, 3.8) is 0 Å². The van der Waals surface area contributed by atoms with E-state index < -0.39 is 0 Å². The molecule has 0 aliphatic heterocycles. The van der Waals surface area contributed by atoms with Gasteiger partial charge in [-0.25, -0.2) is 4.98 Å². The number of nitrogens with one attached hydrogen (secondary N) is 1. The summed E-state index contributed by atoms with van der Waals surface area (Å²) in [7, 11) is 0. The number of hydrogen-bond acceptors (Lipinski definition) is 5. The van der Waals surface area contributed by atoms with E-state index in [1.807, 2.05) is 83.6 Å². The smallest absolute Gasteiger partial charge is 0.263 e. The number of thiophene rings is 2. The molecule has 0 aliphatic carbocycles. The van der Waals surface area contributed by atoms with Gasteiger partial charge in [-0.3, -0.25) is 14.2 Å². The average Bonchev–Trinajstić information content (AvgIpc) is 3.51. The van der Waals surface area contributed by atoms with E-state index in [4.69, 9.17) is 0 Å². The van der Waals surface area contributed by atoms with Gasteiger partial charge in [-0.05, 0) is 22.6 Å². The second kappa shape index (κ2) is 8.90. The fraction of sp³-hybridized carbons (Fsp3) is 0.0800. The SMILES string of the molecule is O=C(Cn1cnc2scc(-c3ccccc3)c2c1=O)NC(c1ccccc1)c1cccs1. The molecule has 1 N–H and O–H groups in total. The Labute approximate surface area is 192 Å². The van der Waals surface area contributed by atoms with Crippen molar-refractivity contribution in [2.24, 2.45) is 0 Å². The fourth-order valence-electron chi connectivity index (χ4n) is 3.69. The minimum Gasteiger partial charge on any atom is -0.343 e. The molecule has 0 bridgehead atoms. The maximum atomic E-state index is 13.3. The van der Waals surface area contributed by atoms with Gasteiger partial charge in [-0.2, -0.15) is 0 Å². The Bertz CT molecular complexity index is 1410. The molecule has 0 saturated heterocycles. The Kier molecular flexibility index (Phi) is 5.66. The van der Waals surface area contributed by atoms with Crippen molar-refractivity contribution in [3.8, 4) is 11.1 Å². The summed E-state index contributed by atoms with van der Waals surface area (Å²) in [6.07, 6.45) is 1.46. The summed E-state index contributed by atoms with van der Waals surface area (Å²) in [4.78, 5) is 32.4. The van der Waals surface area contributed by atoms with Crippen molar-refractivity contribution in [2.45, 2.75) is 12.6 Å². The molecule has 32 heavy (non-hydrogen) atoms. The molecule has 5 nitrogen and oxygen atoms in total. The number of aromatic nitrogens is 2. The zero-order valence-electron chi connectivity index (χ0n) is 17.0. The second-order valence-corrected chi connectivity index (χ2v) is 9.14. The first-order chi connectivity index (χ1) is 15.7. The van der Waals surface area contributed by atoms with Gasteiger partial charge in [0, 0.05) is 15.8 Å². The van der Waals surface area contributed by atoms with Crippen LogP contribution in [0.1, 0.15) is 16.5 Å². The standard InChI is InChI=1S/C25H19N3O2S2/c29-21(27-23(20-12-7-13-31-20)18-10-5-2-6-11-18)14-28-16-26-24-22(25(28)30)19(15-32-24)17-8-3-1-4-9-17/h1-13,15-16,23H,14H2,(H,27,29). The minimum atomic E-state index is -0.267. The van der Waals surface area contributed by atoms with Gasteiger partial charge in [0.2, 0.25) is 5.91 Å². The van der Waals surface area contributed by atoms with Crippen LogP contribution in [0, 0.1) is 0 Å². The van der Waals surface area contributed by atoms with Crippen LogP contribution in [0.4, 0.5) is 0 Å². The van der Waals surface area contributed by atoms with E-state index in [1.54, 1.807) is 11.3 Å². The molecule has 3 aromatic heterocycles. The first-order valence-corrected chi connectivity index (χ1v) is 11.9. The molecular formula is C25H19N3O2S2. The van der Waals surface area contributed by atoms with Gasteiger partial charge in [0.05, 0.1) is 17.8 Å². The number of fused-ring (bicyclic) bond motifs is 1. The van der Waals surface area contributed by atoms with Crippen LogP contribution in [0.15, 0.2) is 94.7 Å². The first-order valence-electron chi connectivity index (χ1n) is 10.1. The van der Waals surface area contributed by atoms with Crippen LogP contribution < -0.4 is 10.9 Å². The number of rotatable bonds is 6. The number of carbonyl (C=O) groups excluding carboxylic acids is 1. The van der Waals surface area contributed by atoms with Crippen molar-refractivity contribution in [3.05, 3.63) is 111 Å². The van der Waals surface area contributed by atoms with E-state index in [0.717, 1.165) is 21.6 Å². The van der Waals surface area contributed by atoms with Gasteiger partial charge in [-0.1, -0.05) is 66.7 Å². The molecule has 1 unspecified atom stereocenters. The van der Waals surface area contributed by atoms with Crippen molar-refractivity contribution >= 4 is 38.8 Å². The van der Waals surface area contributed by atoms with E-state index in [-0.39, 0.29) is 24.1 Å². The molecule has 0 saturated carbocycles. The van der Waals surface area contributed by atoms with Crippen molar-refractivity contribution < 1.29 is 4.79 Å². The molecule has 2 aromatic carbocycles. The van der Waals surface area contributed by atoms with Gasteiger partial charge in [0.1, 0.15) is 11.4 Å². The predicted molar refractivity (Wildman–Crippen MR) is 130 cm³/mol. The molecule has 1 atom stereocenters. The van der Waals surface area contributed by atoms with Gasteiger partial charge in [0.25, 0.3) is 5.56 Å². The number of hydrogen-bond donors (Lipinski definition) is 1. The molecule has 0 radical (unpaired) electrons. The highest BCUT2D eigenvalue weighted by atomic mass is 32.1. The Morgan fingerprint density at radius 3 is 2.44 bits per heavy atom. The molecule has 0 spiro atoms. The van der Waals surface area contributed by atoms with E-state index in [1.165, 1.54) is 22.2 Å². The summed E-state index contributed by atoms with van der Waals surface area (Å²) in [5, 5.41) is 7.57. The normalized spacial score (nSPS) is 12.0. The van der Waals surface area contributed by atoms with Crippen LogP contribution in [0.25, 0.3) is 21.3 Å². The Balaban J connectivity index is 1.45. The van der Waals surface area contributed by atoms with Crippen LogP contribution in [0.2, 0.25) is 0 Å². The zero-order valence-corrected chi connectivity index (χ0v) is 18.6. The lowest BCUT2D eigenvalue weighted by Crippen LogP contribution is -2.35. The lowest BCUT2D eigenvalue weighted by atomic mass is 10.1.